The van der Waals surface area contributed by atoms with Crippen LogP contribution >= 0.6 is 22.7 Å². The molecule has 6 aromatic heterocycles. The number of anilines is 6. The Morgan fingerprint density at radius 1 is 0.534 bits per heavy atom. The summed E-state index contributed by atoms with van der Waals surface area (Å²) in [5.74, 6) is 2.09. The van der Waals surface area contributed by atoms with Crippen molar-refractivity contribution in [1.82, 2.24) is 55.0 Å². The lowest BCUT2D eigenvalue weighted by molar-refractivity contribution is 0.0522. The molecule has 0 atom stereocenters. The van der Waals surface area contributed by atoms with Gasteiger partial charge in [-0.05, 0) is 114 Å². The summed E-state index contributed by atoms with van der Waals surface area (Å²) >= 11 is 2.74. The number of hydrogen-bond donors (Lipinski definition) is 4. The molecule has 22 heteroatoms. The lowest BCUT2D eigenvalue weighted by Crippen LogP contribution is -2.44. The van der Waals surface area contributed by atoms with Gasteiger partial charge in [-0.3, -0.25) is 4.79 Å². The Bertz CT molecular complexity index is 3630. The number of benzene rings is 2. The lowest BCUT2D eigenvalue weighted by atomic mass is 9.98. The zero-order chi connectivity index (χ0) is 63.3. The number of ether oxygens (including phenoxy) is 1. The molecule has 0 saturated carbocycles. The number of pyridine rings is 2. The molecule has 8 aromatic rings. The maximum Gasteiger partial charge on any atom is 0.407 e. The van der Waals surface area contributed by atoms with E-state index in [9.17, 15) is 14.4 Å². The zero-order valence-electron chi connectivity index (χ0n) is 52.9. The van der Waals surface area contributed by atoms with Gasteiger partial charge < -0.3 is 45.4 Å². The van der Waals surface area contributed by atoms with Gasteiger partial charge in [0, 0.05) is 106 Å². The van der Waals surface area contributed by atoms with Crippen LogP contribution in [0.2, 0.25) is 0 Å². The van der Waals surface area contributed by atoms with E-state index in [2.05, 4.69) is 154 Å². The van der Waals surface area contributed by atoms with Gasteiger partial charge in [-0.1, -0.05) is 65.8 Å². The molecule has 0 radical (unpaired) electrons. The van der Waals surface area contributed by atoms with Crippen molar-refractivity contribution in [1.29, 1.82) is 0 Å². The highest BCUT2D eigenvalue weighted by Crippen LogP contribution is 2.31. The molecule has 464 valence electrons. The molecule has 2 aromatic carbocycles. The molecular weight excluding hydrogens is 1150 g/mol. The zero-order valence-corrected chi connectivity index (χ0v) is 54.6. The van der Waals surface area contributed by atoms with Gasteiger partial charge in [-0.15, -0.1) is 22.7 Å². The number of ketones is 1. The van der Waals surface area contributed by atoms with E-state index in [4.69, 9.17) is 9.84 Å². The van der Waals surface area contributed by atoms with E-state index >= 15 is 0 Å². The number of aromatic carboxylic acids is 1. The van der Waals surface area contributed by atoms with Crippen molar-refractivity contribution in [3.63, 3.8) is 0 Å². The predicted octanol–water partition coefficient (Wildman–Crippen LogP) is 12.4. The van der Waals surface area contributed by atoms with Crippen LogP contribution in [0.5, 0.6) is 0 Å². The third-order valence-electron chi connectivity index (χ3n) is 14.6. The summed E-state index contributed by atoms with van der Waals surface area (Å²) in [7, 11) is 4.31. The number of carboxylic acids is 1. The number of rotatable bonds is 15. The molecule has 1 amide bonds. The van der Waals surface area contributed by atoms with E-state index in [0.29, 0.717) is 35.9 Å². The quantitative estimate of drug-likeness (QED) is 0.0699. The van der Waals surface area contributed by atoms with Gasteiger partial charge in [0.15, 0.2) is 5.78 Å². The molecule has 88 heavy (non-hydrogen) atoms. The summed E-state index contributed by atoms with van der Waals surface area (Å²) in [5.41, 5.74) is 9.63. The number of likely N-dealkylation sites (N-methyl/N-ethyl adjacent to an activating group) is 2. The van der Waals surface area contributed by atoms with Crippen LogP contribution in [-0.4, -0.2) is 145 Å². The Morgan fingerprint density at radius 3 is 1.39 bits per heavy atom. The van der Waals surface area contributed by atoms with Crippen molar-refractivity contribution in [2.75, 3.05) is 86.9 Å². The van der Waals surface area contributed by atoms with Crippen molar-refractivity contribution in [3.05, 3.63) is 152 Å². The molecular formula is C66H83N15O5S2. The van der Waals surface area contributed by atoms with Crippen LogP contribution in [0.4, 0.5) is 39.4 Å². The molecule has 8 heterocycles. The van der Waals surface area contributed by atoms with Crippen LogP contribution in [0, 0.1) is 13.8 Å². The van der Waals surface area contributed by atoms with Crippen LogP contribution in [0.25, 0.3) is 22.5 Å². The molecule has 0 spiro atoms. The average molecular weight is 1230 g/mol. The number of thiazole rings is 2. The maximum atomic E-state index is 12.8. The van der Waals surface area contributed by atoms with Crippen LogP contribution in [-0.2, 0) is 28.5 Å². The van der Waals surface area contributed by atoms with E-state index < -0.39 is 17.7 Å². The Labute approximate surface area is 525 Å². The first-order chi connectivity index (χ1) is 41.7. The second-order valence-electron chi connectivity index (χ2n) is 25.1. The number of carboxylic acid groups (broad SMARTS) is 1. The molecule has 2 aliphatic rings. The fourth-order valence-electron chi connectivity index (χ4n) is 9.36. The Hall–Kier alpha value is -8.31. The second kappa shape index (κ2) is 29.1. The number of alkyl carbamates (subject to hydrolysis) is 1. The highest BCUT2D eigenvalue weighted by molar-refractivity contribution is 7.14. The van der Waals surface area contributed by atoms with E-state index in [0.717, 1.165) is 135 Å². The number of hydrogen-bond acceptors (Lipinski definition) is 20. The number of carbonyl (C=O) groups is 3. The fourth-order valence-corrected chi connectivity index (χ4v) is 11.1. The Morgan fingerprint density at radius 2 is 0.989 bits per heavy atom. The summed E-state index contributed by atoms with van der Waals surface area (Å²) in [4.78, 5) is 81.1. The topological polar surface area (TPSA) is 233 Å². The first-order valence-electron chi connectivity index (χ1n) is 29.6. The van der Waals surface area contributed by atoms with Crippen molar-refractivity contribution >= 4 is 75.2 Å². The normalized spacial score (nSPS) is 14.0. The number of piperazine rings is 2. The second-order valence-corrected chi connectivity index (χ2v) is 27.2. The molecule has 20 nitrogen and oxygen atoms in total. The van der Waals surface area contributed by atoms with Crippen molar-refractivity contribution in [2.45, 2.75) is 112 Å². The third kappa shape index (κ3) is 19.1. The molecule has 0 aliphatic carbocycles. The highest BCUT2D eigenvalue weighted by Gasteiger charge is 2.23. The fraction of sp³-hybridized carbons (Fsp3) is 0.409. The summed E-state index contributed by atoms with van der Waals surface area (Å²) in [6.45, 7) is 30.7. The largest absolute Gasteiger partial charge is 0.477 e. The SMILES string of the molecule is CC(C)(C)c1ncc(C(=O)O)s1.Cc1cc(-c2cc(Nc3ccc(N4CCN(C)CC4)cn3)ncn2)ccc1CCC(=O)c1cnc(C(C)(C)C)s1.Cc1cc(-c2cc(Nc3ccc(N4CCN(C)CC4)cn3)ncn2)ccc1CNC(=O)OC(C)(C)C. The van der Waals surface area contributed by atoms with Gasteiger partial charge in [0.25, 0.3) is 0 Å². The van der Waals surface area contributed by atoms with Crippen molar-refractivity contribution in [3.8, 4) is 22.5 Å². The van der Waals surface area contributed by atoms with E-state index in [-0.39, 0.29) is 16.6 Å². The van der Waals surface area contributed by atoms with Crippen molar-refractivity contribution < 1.29 is 24.2 Å². The standard InChI is InChI=1S/C31H37N7OS.C27H35N7O2.C8H11NO2S/c1-21-16-23(7-6-22(21)8-10-26(39)27-19-33-30(40-27)31(2,3)4)25-17-29(35-20-34-25)36-28-11-9-24(18-32-28)38-14-12-37(5)13-15-38;1-19-14-20(6-7-21(19)16-29-26(35)36-27(2,3)4)23-15-25(31-18-30-23)32-24-9-8-22(17-28-24)34-12-10-33(5)11-13-34;1-8(2,3)7-9-4-5(12-7)6(10)11/h6-7,9,11,16-20H,8,10,12-15H2,1-5H3,(H,32,34,35,36);6-9,14-15,17-18H,10-13,16H2,1-5H3,(H,29,35)(H,28,30,31,32);4H,1-3H3,(H,10,11). The molecule has 0 unspecified atom stereocenters. The minimum Gasteiger partial charge on any atom is -0.477 e. The van der Waals surface area contributed by atoms with Gasteiger partial charge in [-0.25, -0.2) is 49.5 Å². The predicted molar refractivity (Wildman–Crippen MR) is 353 cm³/mol. The third-order valence-corrected chi connectivity index (χ3v) is 17.5. The highest BCUT2D eigenvalue weighted by atomic mass is 32.1. The summed E-state index contributed by atoms with van der Waals surface area (Å²) in [6.07, 6.45) is 10.8. The number of Topliss-reactive ketones (excluding diaryl/α,β-unsaturated/α-hetero) is 1. The number of aryl methyl sites for hydroxylation is 3. The molecule has 0 bridgehead atoms. The molecule has 10 rings (SSSR count). The minimum atomic E-state index is -0.900. The maximum absolute atomic E-state index is 12.8. The number of carbonyl (C=O) groups excluding carboxylic acids is 2. The first kappa shape index (κ1) is 65.7. The van der Waals surface area contributed by atoms with Gasteiger partial charge in [0.2, 0.25) is 0 Å². The lowest BCUT2D eigenvalue weighted by Gasteiger charge is -2.33. The van der Waals surface area contributed by atoms with Gasteiger partial charge >= 0.3 is 12.1 Å². The minimum absolute atomic E-state index is 0.0439. The number of aromatic nitrogens is 8. The average Bonchev–Trinajstić information content (AvgIpc) is 4.11. The Balaban J connectivity index is 0.000000193. The van der Waals surface area contributed by atoms with Gasteiger partial charge in [0.1, 0.15) is 46.4 Å². The monoisotopic (exact) mass is 1230 g/mol. The Kier molecular flexibility index (Phi) is 21.7. The number of nitrogens with zero attached hydrogens (tertiary/aromatic N) is 12. The molecule has 2 fully saturated rings. The summed E-state index contributed by atoms with van der Waals surface area (Å²) in [6, 6.07) is 24.3. The van der Waals surface area contributed by atoms with Crippen LogP contribution in [0.3, 0.4) is 0 Å². The number of amides is 1. The molecule has 2 saturated heterocycles. The smallest absolute Gasteiger partial charge is 0.407 e. The van der Waals surface area contributed by atoms with Gasteiger partial charge in [-0.2, -0.15) is 0 Å². The first-order valence-corrected chi connectivity index (χ1v) is 31.2. The van der Waals surface area contributed by atoms with Crippen LogP contribution in [0.1, 0.15) is 120 Å². The summed E-state index contributed by atoms with van der Waals surface area (Å²) in [5, 5.41) is 19.9. The van der Waals surface area contributed by atoms with E-state index in [1.54, 1.807) is 18.9 Å². The molecule has 2 aliphatic heterocycles. The summed E-state index contributed by atoms with van der Waals surface area (Å²) < 4.78 is 5.31. The van der Waals surface area contributed by atoms with Crippen LogP contribution in [0.15, 0.2) is 110 Å². The van der Waals surface area contributed by atoms with Gasteiger partial charge in [0.05, 0.1) is 56.2 Å². The van der Waals surface area contributed by atoms with Crippen LogP contribution < -0.4 is 25.8 Å². The molecule has 4 N–H and O–H groups in total. The van der Waals surface area contributed by atoms with E-state index in [1.165, 1.54) is 28.9 Å². The van der Waals surface area contributed by atoms with Crippen molar-refractivity contribution in [2.24, 2.45) is 0 Å². The van der Waals surface area contributed by atoms with E-state index in [1.807, 2.05) is 97.3 Å². The number of nitrogens with one attached hydrogen (secondary N) is 3.